The second-order valence-corrected chi connectivity index (χ2v) is 8.29. The van der Waals surface area contributed by atoms with Crippen molar-refractivity contribution in [1.82, 2.24) is 40.4 Å². The molecule has 0 amide bonds. The van der Waals surface area contributed by atoms with Gasteiger partial charge in [0.1, 0.15) is 5.82 Å². The quantitative estimate of drug-likeness (QED) is 0.305. The van der Waals surface area contributed by atoms with E-state index in [1.807, 2.05) is 30.3 Å². The molecule has 178 valence electrons. The van der Waals surface area contributed by atoms with Crippen molar-refractivity contribution in [2.24, 2.45) is 0 Å². The third-order valence-electron chi connectivity index (χ3n) is 5.66. The van der Waals surface area contributed by atoms with Crippen LogP contribution in [0.15, 0.2) is 42.7 Å². The Hall–Kier alpha value is -3.56. The molecule has 3 heterocycles. The van der Waals surface area contributed by atoms with Crippen molar-refractivity contribution in [1.29, 1.82) is 0 Å². The van der Waals surface area contributed by atoms with Crippen molar-refractivity contribution in [3.8, 4) is 22.5 Å². The van der Waals surface area contributed by atoms with Gasteiger partial charge in [-0.1, -0.05) is 51.0 Å². The molecule has 1 aromatic carbocycles. The number of nitrogens with zero attached hydrogens (tertiary/aromatic N) is 7. The normalized spacial score (nSPS) is 11.8. The van der Waals surface area contributed by atoms with Crippen LogP contribution in [0.4, 0.5) is 8.78 Å². The zero-order chi connectivity index (χ0) is 24.0. The van der Waals surface area contributed by atoms with Gasteiger partial charge in [0.2, 0.25) is 5.82 Å². The van der Waals surface area contributed by atoms with E-state index in [1.54, 1.807) is 24.0 Å². The number of aromatic amines is 1. The van der Waals surface area contributed by atoms with Crippen LogP contribution >= 0.6 is 0 Å². The third-order valence-corrected chi connectivity index (χ3v) is 5.66. The van der Waals surface area contributed by atoms with E-state index < -0.39 is 5.92 Å². The number of tetrazole rings is 1. The van der Waals surface area contributed by atoms with Gasteiger partial charge in [0, 0.05) is 36.4 Å². The Kier molecular flexibility index (Phi) is 7.34. The smallest absolute Gasteiger partial charge is 0.264 e. The zero-order valence-electron chi connectivity index (χ0n) is 19.4. The van der Waals surface area contributed by atoms with Gasteiger partial charge in [-0.05, 0) is 40.5 Å². The number of benzene rings is 1. The van der Waals surface area contributed by atoms with Crippen LogP contribution in [0.2, 0.25) is 0 Å². The summed E-state index contributed by atoms with van der Waals surface area (Å²) >= 11 is 0. The molecule has 3 aromatic heterocycles. The molecule has 0 aliphatic heterocycles. The molecule has 0 aliphatic rings. The van der Waals surface area contributed by atoms with Crippen molar-refractivity contribution in [2.45, 2.75) is 64.8 Å². The summed E-state index contributed by atoms with van der Waals surface area (Å²) < 4.78 is 30.6. The van der Waals surface area contributed by atoms with Crippen LogP contribution in [0.25, 0.3) is 22.5 Å². The Morgan fingerprint density at radius 1 is 1.00 bits per heavy atom. The highest BCUT2D eigenvalue weighted by molar-refractivity contribution is 5.79. The van der Waals surface area contributed by atoms with E-state index >= 15 is 0 Å². The molecule has 34 heavy (non-hydrogen) atoms. The van der Waals surface area contributed by atoms with Crippen LogP contribution < -0.4 is 0 Å². The maximum atomic E-state index is 14.5. The largest absolute Gasteiger partial charge is 0.308 e. The van der Waals surface area contributed by atoms with Crippen molar-refractivity contribution in [3.63, 3.8) is 0 Å². The van der Waals surface area contributed by atoms with E-state index in [0.717, 1.165) is 41.5 Å². The van der Waals surface area contributed by atoms with Gasteiger partial charge in [-0.3, -0.25) is 4.98 Å². The Morgan fingerprint density at radius 2 is 1.82 bits per heavy atom. The van der Waals surface area contributed by atoms with Crippen LogP contribution in [-0.2, 0) is 18.9 Å². The summed E-state index contributed by atoms with van der Waals surface area (Å²) in [5.74, 6) is -2.23. The molecule has 0 unspecified atom stereocenters. The number of aromatic nitrogens is 8. The monoisotopic (exact) mass is 466 g/mol. The molecule has 8 nitrogen and oxygen atoms in total. The molecule has 0 saturated carbocycles. The minimum Gasteiger partial charge on any atom is -0.264 e. The van der Waals surface area contributed by atoms with E-state index in [-0.39, 0.29) is 12.2 Å². The standard InChI is InChI=1S/C24H28F2N8/c1-3-5-6-7-21-28-23(24(25,26)13-4-2)31-34(21)16-17-8-10-18(11-9-17)20-15-27-14-12-19(20)22-29-32-33-30-22/h8-12,14-15H,3-7,13,16H2,1-2H3,(H,29,30,32,33). The van der Waals surface area contributed by atoms with E-state index in [0.29, 0.717) is 31.0 Å². The zero-order valence-corrected chi connectivity index (χ0v) is 19.4. The van der Waals surface area contributed by atoms with E-state index in [2.05, 4.69) is 42.6 Å². The van der Waals surface area contributed by atoms with Gasteiger partial charge in [0.05, 0.1) is 6.54 Å². The lowest BCUT2D eigenvalue weighted by Crippen LogP contribution is -2.15. The maximum absolute atomic E-state index is 14.5. The second kappa shape index (κ2) is 10.6. The maximum Gasteiger partial charge on any atom is 0.308 e. The fraction of sp³-hybridized carbons (Fsp3) is 0.417. The summed E-state index contributed by atoms with van der Waals surface area (Å²) in [4.78, 5) is 8.48. The molecule has 0 aliphatic carbocycles. The predicted octanol–water partition coefficient (Wildman–Crippen LogP) is 5.19. The van der Waals surface area contributed by atoms with Gasteiger partial charge in [-0.15, -0.1) is 10.2 Å². The van der Waals surface area contributed by atoms with Crippen LogP contribution in [-0.4, -0.2) is 40.4 Å². The van der Waals surface area contributed by atoms with Gasteiger partial charge in [0.15, 0.2) is 5.82 Å². The third kappa shape index (κ3) is 5.32. The van der Waals surface area contributed by atoms with Gasteiger partial charge < -0.3 is 0 Å². The molecule has 4 aromatic rings. The molecule has 0 fully saturated rings. The first-order valence-electron chi connectivity index (χ1n) is 11.6. The number of aryl methyl sites for hydroxylation is 1. The molecule has 0 radical (unpaired) electrons. The molecular formula is C24H28F2N8. The summed E-state index contributed by atoms with van der Waals surface area (Å²) in [5.41, 5.74) is 3.61. The fourth-order valence-corrected chi connectivity index (χ4v) is 3.87. The molecular weight excluding hydrogens is 438 g/mol. The van der Waals surface area contributed by atoms with Gasteiger partial charge in [-0.2, -0.15) is 8.78 Å². The SMILES string of the molecule is CCCCCc1nc(C(F)(F)CCC)nn1Cc1ccc(-c2cnccc2-c2nnn[nH]2)cc1. The van der Waals surface area contributed by atoms with E-state index in [4.69, 9.17) is 0 Å². The topological polar surface area (TPSA) is 98.1 Å². The summed E-state index contributed by atoms with van der Waals surface area (Å²) in [5, 5.41) is 18.3. The van der Waals surface area contributed by atoms with Crippen LogP contribution in [0.3, 0.4) is 0 Å². The minimum absolute atomic E-state index is 0.256. The van der Waals surface area contributed by atoms with Gasteiger partial charge in [-0.25, -0.2) is 14.8 Å². The highest BCUT2D eigenvalue weighted by Crippen LogP contribution is 2.31. The Morgan fingerprint density at radius 3 is 2.53 bits per heavy atom. The number of rotatable bonds is 11. The number of hydrogen-bond donors (Lipinski definition) is 1. The molecule has 0 saturated heterocycles. The number of H-pyrrole nitrogens is 1. The van der Waals surface area contributed by atoms with Gasteiger partial charge in [0.25, 0.3) is 0 Å². The summed E-state index contributed by atoms with van der Waals surface area (Å²) in [6, 6.07) is 9.72. The molecule has 4 rings (SSSR count). The van der Waals surface area contributed by atoms with E-state index in [1.165, 1.54) is 0 Å². The lowest BCUT2D eigenvalue weighted by atomic mass is 10.0. The summed E-state index contributed by atoms with van der Waals surface area (Å²) in [6.07, 6.45) is 7.16. The Bertz CT molecular complexity index is 1190. The average Bonchev–Trinajstić information content (AvgIpc) is 3.51. The predicted molar refractivity (Wildman–Crippen MR) is 124 cm³/mol. The lowest BCUT2D eigenvalue weighted by Gasteiger charge is -2.10. The first-order chi connectivity index (χ1) is 16.5. The summed E-state index contributed by atoms with van der Waals surface area (Å²) in [7, 11) is 0. The van der Waals surface area contributed by atoms with Crippen LogP contribution in [0, 0.1) is 0 Å². The number of unbranched alkanes of at least 4 members (excludes halogenated alkanes) is 2. The van der Waals surface area contributed by atoms with Crippen molar-refractivity contribution >= 4 is 0 Å². The molecule has 10 heteroatoms. The minimum atomic E-state index is -3.02. The number of hydrogen-bond acceptors (Lipinski definition) is 6. The number of nitrogens with one attached hydrogen (secondary N) is 1. The van der Waals surface area contributed by atoms with Crippen molar-refractivity contribution < 1.29 is 8.78 Å². The average molecular weight is 467 g/mol. The number of alkyl halides is 2. The fourth-order valence-electron chi connectivity index (χ4n) is 3.87. The molecule has 0 spiro atoms. The van der Waals surface area contributed by atoms with E-state index in [9.17, 15) is 8.78 Å². The van der Waals surface area contributed by atoms with Crippen molar-refractivity contribution in [3.05, 3.63) is 59.9 Å². The molecule has 0 bridgehead atoms. The van der Waals surface area contributed by atoms with Crippen molar-refractivity contribution in [2.75, 3.05) is 0 Å². The Balaban J connectivity index is 1.58. The molecule has 0 atom stereocenters. The number of pyridine rings is 1. The van der Waals surface area contributed by atoms with Crippen LogP contribution in [0.5, 0.6) is 0 Å². The first kappa shape index (κ1) is 23.6. The molecule has 1 N–H and O–H groups in total. The second-order valence-electron chi connectivity index (χ2n) is 8.29. The lowest BCUT2D eigenvalue weighted by molar-refractivity contribution is -0.0232. The first-order valence-corrected chi connectivity index (χ1v) is 11.6. The van der Waals surface area contributed by atoms with Crippen LogP contribution in [0.1, 0.15) is 63.2 Å². The highest BCUT2D eigenvalue weighted by Gasteiger charge is 2.36. The Labute approximate surface area is 196 Å². The summed E-state index contributed by atoms with van der Waals surface area (Å²) in [6.45, 7) is 4.23. The van der Waals surface area contributed by atoms with Gasteiger partial charge >= 0.3 is 5.92 Å². The highest BCUT2D eigenvalue weighted by atomic mass is 19.3. The number of halogens is 2.